The van der Waals surface area contributed by atoms with Crippen LogP contribution >= 0.6 is 0 Å². The van der Waals surface area contributed by atoms with Crippen molar-refractivity contribution in [3.05, 3.63) is 59.2 Å². The number of aromatic nitrogens is 2. The van der Waals surface area contributed by atoms with E-state index in [0.29, 0.717) is 0 Å². The SMILES string of the molecule is CNc1ccc(CCc2ncnc3c2CC=C3)cc1. The summed E-state index contributed by atoms with van der Waals surface area (Å²) in [7, 11) is 1.94. The summed E-state index contributed by atoms with van der Waals surface area (Å²) in [5.41, 5.74) is 6.07. The lowest BCUT2D eigenvalue weighted by molar-refractivity contribution is 0.876. The van der Waals surface area contributed by atoms with E-state index in [2.05, 4.69) is 51.7 Å². The molecule has 96 valence electrons. The summed E-state index contributed by atoms with van der Waals surface area (Å²) in [5, 5.41) is 3.13. The molecule has 1 aromatic carbocycles. The van der Waals surface area contributed by atoms with E-state index in [1.807, 2.05) is 7.05 Å². The van der Waals surface area contributed by atoms with E-state index in [4.69, 9.17) is 0 Å². The van der Waals surface area contributed by atoms with Gasteiger partial charge in [0.1, 0.15) is 6.33 Å². The molecule has 19 heavy (non-hydrogen) atoms. The van der Waals surface area contributed by atoms with E-state index in [1.54, 1.807) is 6.33 Å². The van der Waals surface area contributed by atoms with Gasteiger partial charge in [-0.15, -0.1) is 0 Å². The number of nitrogens with one attached hydrogen (secondary N) is 1. The Labute approximate surface area is 113 Å². The fraction of sp³-hybridized carbons (Fsp3) is 0.250. The van der Waals surface area contributed by atoms with Crippen molar-refractivity contribution in [3.8, 4) is 0 Å². The van der Waals surface area contributed by atoms with Crippen LogP contribution in [0.5, 0.6) is 0 Å². The third-order valence-electron chi connectivity index (χ3n) is 3.56. The van der Waals surface area contributed by atoms with Gasteiger partial charge in [0.2, 0.25) is 0 Å². The molecule has 3 nitrogen and oxygen atoms in total. The molecule has 0 spiro atoms. The average molecular weight is 251 g/mol. The van der Waals surface area contributed by atoms with Gasteiger partial charge >= 0.3 is 0 Å². The zero-order valence-corrected chi connectivity index (χ0v) is 11.1. The van der Waals surface area contributed by atoms with Crippen molar-refractivity contribution in [2.24, 2.45) is 0 Å². The summed E-state index contributed by atoms with van der Waals surface area (Å²) < 4.78 is 0. The number of fused-ring (bicyclic) bond motifs is 1. The van der Waals surface area contributed by atoms with E-state index in [-0.39, 0.29) is 0 Å². The zero-order chi connectivity index (χ0) is 13.1. The monoisotopic (exact) mass is 251 g/mol. The molecular formula is C16H17N3. The van der Waals surface area contributed by atoms with Gasteiger partial charge < -0.3 is 5.32 Å². The van der Waals surface area contributed by atoms with Gasteiger partial charge in [-0.05, 0) is 43.0 Å². The summed E-state index contributed by atoms with van der Waals surface area (Å²) in [4.78, 5) is 8.73. The molecule has 2 aromatic rings. The molecule has 0 atom stereocenters. The van der Waals surface area contributed by atoms with Gasteiger partial charge in [0.25, 0.3) is 0 Å². The van der Waals surface area contributed by atoms with Crippen LogP contribution < -0.4 is 5.32 Å². The van der Waals surface area contributed by atoms with Gasteiger partial charge in [-0.3, -0.25) is 0 Å². The predicted molar refractivity (Wildman–Crippen MR) is 78.2 cm³/mol. The topological polar surface area (TPSA) is 37.8 Å². The molecule has 0 saturated heterocycles. The van der Waals surface area contributed by atoms with Gasteiger partial charge in [-0.1, -0.05) is 18.2 Å². The smallest absolute Gasteiger partial charge is 0.116 e. The third-order valence-corrected chi connectivity index (χ3v) is 3.56. The highest BCUT2D eigenvalue weighted by Crippen LogP contribution is 2.20. The molecule has 3 heteroatoms. The van der Waals surface area contributed by atoms with Crippen molar-refractivity contribution in [1.82, 2.24) is 9.97 Å². The van der Waals surface area contributed by atoms with E-state index in [0.717, 1.165) is 30.6 Å². The van der Waals surface area contributed by atoms with Crippen LogP contribution in [0.2, 0.25) is 0 Å². The quantitative estimate of drug-likeness (QED) is 0.908. The molecule has 1 N–H and O–H groups in total. The van der Waals surface area contributed by atoms with Crippen LogP contribution in [0.4, 0.5) is 5.69 Å². The minimum atomic E-state index is 0.976. The number of hydrogen-bond donors (Lipinski definition) is 1. The highest BCUT2D eigenvalue weighted by molar-refractivity contribution is 5.56. The molecule has 1 aliphatic carbocycles. The van der Waals surface area contributed by atoms with Gasteiger partial charge in [0.15, 0.2) is 0 Å². The number of benzene rings is 1. The van der Waals surface area contributed by atoms with E-state index in [1.165, 1.54) is 16.8 Å². The Bertz CT molecular complexity index is 600. The Hall–Kier alpha value is -2.16. The van der Waals surface area contributed by atoms with Gasteiger partial charge in [-0.2, -0.15) is 0 Å². The maximum Gasteiger partial charge on any atom is 0.116 e. The van der Waals surface area contributed by atoms with Crippen molar-refractivity contribution in [2.75, 3.05) is 12.4 Å². The first-order chi connectivity index (χ1) is 9.36. The third kappa shape index (κ3) is 2.50. The van der Waals surface area contributed by atoms with Gasteiger partial charge in [-0.25, -0.2) is 9.97 Å². The Kier molecular flexibility index (Phi) is 3.27. The van der Waals surface area contributed by atoms with Crippen LogP contribution in [0.3, 0.4) is 0 Å². The van der Waals surface area contributed by atoms with Crippen LogP contribution in [-0.4, -0.2) is 17.0 Å². The van der Waals surface area contributed by atoms with Crippen molar-refractivity contribution in [2.45, 2.75) is 19.3 Å². The number of nitrogens with zero attached hydrogens (tertiary/aromatic N) is 2. The first-order valence-electron chi connectivity index (χ1n) is 6.63. The molecule has 3 rings (SSSR count). The lowest BCUT2D eigenvalue weighted by Gasteiger charge is -2.07. The molecule has 0 aliphatic heterocycles. The molecule has 1 aromatic heterocycles. The molecule has 1 heterocycles. The Morgan fingerprint density at radius 1 is 1.11 bits per heavy atom. The van der Waals surface area contributed by atoms with Crippen LogP contribution in [0.1, 0.15) is 22.5 Å². The summed E-state index contributed by atoms with van der Waals surface area (Å²) >= 11 is 0. The van der Waals surface area contributed by atoms with Crippen molar-refractivity contribution < 1.29 is 0 Å². The average Bonchev–Trinajstić information content (AvgIpc) is 2.94. The second kappa shape index (κ2) is 5.22. The molecule has 0 amide bonds. The van der Waals surface area contributed by atoms with E-state index >= 15 is 0 Å². The summed E-state index contributed by atoms with van der Waals surface area (Å²) in [6, 6.07) is 8.57. The minimum absolute atomic E-state index is 0.976. The minimum Gasteiger partial charge on any atom is -0.388 e. The van der Waals surface area contributed by atoms with Crippen LogP contribution in [0.15, 0.2) is 36.7 Å². The van der Waals surface area contributed by atoms with Crippen LogP contribution in [0.25, 0.3) is 6.08 Å². The first-order valence-corrected chi connectivity index (χ1v) is 6.63. The zero-order valence-electron chi connectivity index (χ0n) is 11.1. The standard InChI is InChI=1S/C16H17N3/c1-17-13-8-5-12(6-9-13)7-10-16-14-3-2-4-15(14)18-11-19-16/h2,4-6,8-9,11,17H,3,7,10H2,1H3. The molecule has 0 bridgehead atoms. The lowest BCUT2D eigenvalue weighted by atomic mass is 10.0. The normalized spacial score (nSPS) is 12.5. The first kappa shape index (κ1) is 11.9. The summed E-state index contributed by atoms with van der Waals surface area (Å²) in [6.07, 6.45) is 8.89. The molecule has 0 radical (unpaired) electrons. The highest BCUT2D eigenvalue weighted by Gasteiger charge is 2.12. The van der Waals surface area contributed by atoms with Crippen molar-refractivity contribution in [3.63, 3.8) is 0 Å². The van der Waals surface area contributed by atoms with E-state index < -0.39 is 0 Å². The molecule has 0 saturated carbocycles. The maximum atomic E-state index is 4.44. The van der Waals surface area contributed by atoms with Crippen LogP contribution in [0, 0.1) is 0 Å². The summed E-state index contributed by atoms with van der Waals surface area (Å²) in [5.74, 6) is 0. The Morgan fingerprint density at radius 2 is 1.95 bits per heavy atom. The maximum absolute atomic E-state index is 4.44. The Morgan fingerprint density at radius 3 is 2.74 bits per heavy atom. The molecule has 0 unspecified atom stereocenters. The lowest BCUT2D eigenvalue weighted by Crippen LogP contribution is -2.02. The fourth-order valence-electron chi connectivity index (χ4n) is 2.44. The largest absolute Gasteiger partial charge is 0.388 e. The molecular weight excluding hydrogens is 234 g/mol. The summed E-state index contributed by atoms with van der Waals surface area (Å²) in [6.45, 7) is 0. The van der Waals surface area contributed by atoms with Gasteiger partial charge in [0.05, 0.1) is 5.69 Å². The van der Waals surface area contributed by atoms with E-state index in [9.17, 15) is 0 Å². The van der Waals surface area contributed by atoms with Gasteiger partial charge in [0, 0.05) is 24.0 Å². The van der Waals surface area contributed by atoms with Crippen molar-refractivity contribution in [1.29, 1.82) is 0 Å². The number of allylic oxidation sites excluding steroid dienone is 1. The predicted octanol–water partition coefficient (Wildman–Crippen LogP) is 2.87. The number of aryl methyl sites for hydroxylation is 2. The second-order valence-electron chi connectivity index (χ2n) is 4.74. The van der Waals surface area contributed by atoms with Crippen molar-refractivity contribution >= 4 is 11.8 Å². The van der Waals surface area contributed by atoms with Crippen LogP contribution in [-0.2, 0) is 19.3 Å². The highest BCUT2D eigenvalue weighted by atomic mass is 14.8. The number of hydrogen-bond acceptors (Lipinski definition) is 3. The second-order valence-corrected chi connectivity index (χ2v) is 4.74. The Balaban J connectivity index is 1.71. The number of rotatable bonds is 4. The fourth-order valence-corrected chi connectivity index (χ4v) is 2.44. The number of anilines is 1. The molecule has 0 fully saturated rings. The molecule has 1 aliphatic rings.